The second-order valence-electron chi connectivity index (χ2n) is 4.92. The number of hydrogen-bond donors (Lipinski definition) is 0. The topological polar surface area (TPSA) is 38.8 Å². The fraction of sp³-hybridized carbons (Fsp3) is 0.500. The molecule has 2 aliphatic rings. The number of hydrogen-bond acceptors (Lipinski definition) is 3. The molecule has 0 N–H and O–H groups in total. The lowest BCUT2D eigenvalue weighted by molar-refractivity contribution is -0.240. The summed E-state index contributed by atoms with van der Waals surface area (Å²) >= 11 is 0. The molecule has 4 heteroatoms. The maximum Gasteiger partial charge on any atom is 0.245 e. The summed E-state index contributed by atoms with van der Waals surface area (Å²) in [4.78, 5) is 17.5. The van der Waals surface area contributed by atoms with Crippen molar-refractivity contribution in [3.05, 3.63) is 35.9 Å². The van der Waals surface area contributed by atoms with Crippen LogP contribution in [0.3, 0.4) is 0 Å². The number of carbonyl (C=O) groups is 1. The smallest absolute Gasteiger partial charge is 0.245 e. The van der Waals surface area contributed by atoms with Gasteiger partial charge >= 0.3 is 0 Å². The zero-order valence-electron chi connectivity index (χ0n) is 10.5. The molecule has 2 unspecified atom stereocenters. The molecule has 2 fully saturated rings. The normalized spacial score (nSPS) is 31.2. The Morgan fingerprint density at radius 2 is 2.17 bits per heavy atom. The van der Waals surface area contributed by atoms with E-state index in [1.807, 2.05) is 30.3 Å². The van der Waals surface area contributed by atoms with Crippen molar-refractivity contribution < 1.29 is 14.4 Å². The lowest BCUT2D eigenvalue weighted by atomic mass is 9.98. The molecule has 2 saturated heterocycles. The average Bonchev–Trinajstić information content (AvgIpc) is 2.99. The SMILES string of the molecule is CC(=O)N1OC(c2ccccc2)CC12CCCO2. The second kappa shape index (κ2) is 4.37. The first-order chi connectivity index (χ1) is 8.71. The fourth-order valence-electron chi connectivity index (χ4n) is 2.84. The predicted octanol–water partition coefficient (Wildman–Crippen LogP) is 2.42. The first-order valence-electron chi connectivity index (χ1n) is 6.38. The van der Waals surface area contributed by atoms with Crippen LogP contribution in [0.4, 0.5) is 0 Å². The number of amides is 1. The van der Waals surface area contributed by atoms with E-state index in [9.17, 15) is 4.79 Å². The van der Waals surface area contributed by atoms with E-state index in [4.69, 9.17) is 9.57 Å². The van der Waals surface area contributed by atoms with Gasteiger partial charge in [-0.15, -0.1) is 0 Å². The molecule has 0 aliphatic carbocycles. The van der Waals surface area contributed by atoms with Crippen molar-refractivity contribution in [3.8, 4) is 0 Å². The summed E-state index contributed by atoms with van der Waals surface area (Å²) in [5, 5.41) is 1.44. The van der Waals surface area contributed by atoms with E-state index in [0.29, 0.717) is 6.61 Å². The first kappa shape index (κ1) is 11.7. The zero-order valence-corrected chi connectivity index (χ0v) is 10.5. The Bertz CT molecular complexity index is 440. The van der Waals surface area contributed by atoms with Crippen LogP contribution in [0.2, 0.25) is 0 Å². The van der Waals surface area contributed by atoms with Crippen LogP contribution < -0.4 is 0 Å². The Hall–Kier alpha value is -1.39. The van der Waals surface area contributed by atoms with Gasteiger partial charge in [0.15, 0.2) is 5.72 Å². The zero-order chi connectivity index (χ0) is 12.6. The highest BCUT2D eigenvalue weighted by atomic mass is 16.7. The van der Waals surface area contributed by atoms with Crippen molar-refractivity contribution in [3.63, 3.8) is 0 Å². The minimum absolute atomic E-state index is 0.0877. The van der Waals surface area contributed by atoms with Crippen LogP contribution in [0.15, 0.2) is 30.3 Å². The molecule has 0 radical (unpaired) electrons. The molecule has 2 aliphatic heterocycles. The number of rotatable bonds is 1. The van der Waals surface area contributed by atoms with Crippen LogP contribution in [0, 0.1) is 0 Å². The second-order valence-corrected chi connectivity index (χ2v) is 4.92. The van der Waals surface area contributed by atoms with Crippen molar-refractivity contribution >= 4 is 5.91 Å². The van der Waals surface area contributed by atoms with Crippen LogP contribution >= 0.6 is 0 Å². The molecule has 3 rings (SSSR count). The van der Waals surface area contributed by atoms with Gasteiger partial charge in [-0.05, 0) is 18.4 Å². The summed E-state index contributed by atoms with van der Waals surface area (Å²) in [5.74, 6) is -0.0877. The molecule has 1 amide bonds. The van der Waals surface area contributed by atoms with Gasteiger partial charge in [0.2, 0.25) is 5.91 Å². The van der Waals surface area contributed by atoms with Gasteiger partial charge in [-0.2, -0.15) is 5.06 Å². The quantitative estimate of drug-likeness (QED) is 0.765. The van der Waals surface area contributed by atoms with E-state index in [2.05, 4.69) is 0 Å². The molecular weight excluding hydrogens is 230 g/mol. The maximum absolute atomic E-state index is 11.7. The highest BCUT2D eigenvalue weighted by Gasteiger charge is 2.52. The fourth-order valence-corrected chi connectivity index (χ4v) is 2.84. The number of hydroxylamine groups is 2. The Morgan fingerprint density at radius 1 is 1.39 bits per heavy atom. The first-order valence-corrected chi connectivity index (χ1v) is 6.38. The molecule has 1 aromatic rings. The third kappa shape index (κ3) is 1.82. The van der Waals surface area contributed by atoms with Gasteiger partial charge in [0.1, 0.15) is 6.10 Å². The van der Waals surface area contributed by atoms with Crippen LogP contribution in [-0.4, -0.2) is 23.3 Å². The van der Waals surface area contributed by atoms with E-state index < -0.39 is 5.72 Å². The van der Waals surface area contributed by atoms with E-state index in [-0.39, 0.29) is 12.0 Å². The minimum Gasteiger partial charge on any atom is -0.353 e. The van der Waals surface area contributed by atoms with E-state index >= 15 is 0 Å². The lowest BCUT2D eigenvalue weighted by Gasteiger charge is -2.30. The van der Waals surface area contributed by atoms with E-state index in [0.717, 1.165) is 24.8 Å². The van der Waals surface area contributed by atoms with Crippen molar-refractivity contribution in [2.75, 3.05) is 6.61 Å². The molecule has 4 nitrogen and oxygen atoms in total. The summed E-state index contributed by atoms with van der Waals surface area (Å²) in [6.45, 7) is 2.23. The highest BCUT2D eigenvalue weighted by molar-refractivity contribution is 5.73. The Labute approximate surface area is 106 Å². The highest BCUT2D eigenvalue weighted by Crippen LogP contribution is 2.46. The molecule has 1 spiro atoms. The summed E-state index contributed by atoms with van der Waals surface area (Å²) in [5.41, 5.74) is 0.558. The van der Waals surface area contributed by atoms with Crippen LogP contribution in [0.25, 0.3) is 0 Å². The van der Waals surface area contributed by atoms with Gasteiger partial charge in [0.05, 0.1) is 0 Å². The Balaban J connectivity index is 1.87. The van der Waals surface area contributed by atoms with Crippen molar-refractivity contribution in [2.24, 2.45) is 0 Å². The van der Waals surface area contributed by atoms with Crippen molar-refractivity contribution in [2.45, 2.75) is 38.0 Å². The molecule has 18 heavy (non-hydrogen) atoms. The standard InChI is InChI=1S/C14H17NO3/c1-11(16)15-14(8-5-9-17-14)10-13(18-15)12-6-3-2-4-7-12/h2-4,6-7,13H,5,8-10H2,1H3. The molecule has 96 valence electrons. The third-order valence-electron chi connectivity index (χ3n) is 3.65. The summed E-state index contributed by atoms with van der Waals surface area (Å²) in [7, 11) is 0. The predicted molar refractivity (Wildman–Crippen MR) is 65.3 cm³/mol. The van der Waals surface area contributed by atoms with Gasteiger partial charge in [-0.25, -0.2) is 0 Å². The maximum atomic E-state index is 11.7. The number of benzene rings is 1. The molecule has 0 saturated carbocycles. The summed E-state index contributed by atoms with van der Waals surface area (Å²) in [6, 6.07) is 9.99. The van der Waals surface area contributed by atoms with Crippen molar-refractivity contribution in [1.29, 1.82) is 0 Å². The van der Waals surface area contributed by atoms with Crippen LogP contribution in [0.1, 0.15) is 37.9 Å². The Morgan fingerprint density at radius 3 is 2.78 bits per heavy atom. The molecule has 1 aromatic carbocycles. The number of ether oxygens (including phenoxy) is 1. The van der Waals surface area contributed by atoms with Gasteiger partial charge in [-0.3, -0.25) is 9.63 Å². The van der Waals surface area contributed by atoms with Gasteiger partial charge in [0, 0.05) is 20.0 Å². The monoisotopic (exact) mass is 247 g/mol. The average molecular weight is 247 g/mol. The van der Waals surface area contributed by atoms with Gasteiger partial charge in [0.25, 0.3) is 0 Å². The summed E-state index contributed by atoms with van der Waals surface area (Å²) < 4.78 is 5.81. The van der Waals surface area contributed by atoms with Crippen LogP contribution in [0.5, 0.6) is 0 Å². The minimum atomic E-state index is -0.535. The lowest BCUT2D eigenvalue weighted by Crippen LogP contribution is -2.44. The largest absolute Gasteiger partial charge is 0.353 e. The summed E-state index contributed by atoms with van der Waals surface area (Å²) in [6.07, 6.45) is 2.47. The van der Waals surface area contributed by atoms with E-state index in [1.165, 1.54) is 12.0 Å². The Kier molecular flexibility index (Phi) is 2.84. The van der Waals surface area contributed by atoms with Crippen LogP contribution in [-0.2, 0) is 14.4 Å². The van der Waals surface area contributed by atoms with Gasteiger partial charge in [-0.1, -0.05) is 30.3 Å². The molecule has 0 bridgehead atoms. The van der Waals surface area contributed by atoms with Gasteiger partial charge < -0.3 is 4.74 Å². The van der Waals surface area contributed by atoms with E-state index in [1.54, 1.807) is 0 Å². The number of carbonyl (C=O) groups excluding carboxylic acids is 1. The third-order valence-corrected chi connectivity index (χ3v) is 3.65. The molecule has 2 atom stereocenters. The molecule has 2 heterocycles. The molecular formula is C14H17NO3. The molecule has 0 aromatic heterocycles. The van der Waals surface area contributed by atoms with Crippen molar-refractivity contribution in [1.82, 2.24) is 5.06 Å². The number of nitrogens with zero attached hydrogens (tertiary/aromatic N) is 1.